The van der Waals surface area contributed by atoms with E-state index >= 15 is 0 Å². The first-order chi connectivity index (χ1) is 14.0. The third kappa shape index (κ3) is 4.25. The number of nitro groups is 1. The van der Waals surface area contributed by atoms with E-state index < -0.39 is 44.6 Å². The largest absolute Gasteiger partial charge is 0.454 e. The lowest BCUT2D eigenvalue weighted by molar-refractivity contribution is -0.387. The highest BCUT2D eigenvalue weighted by atomic mass is 32.2. The molecule has 1 saturated heterocycles. The van der Waals surface area contributed by atoms with Crippen molar-refractivity contribution in [2.24, 2.45) is 0 Å². The minimum absolute atomic E-state index is 0.0116. The van der Waals surface area contributed by atoms with Crippen molar-refractivity contribution in [3.63, 3.8) is 0 Å². The monoisotopic (exact) mass is 438 g/mol. The smallest absolute Gasteiger partial charge is 0.338 e. The van der Waals surface area contributed by atoms with Gasteiger partial charge in [-0.05, 0) is 38.5 Å². The van der Waals surface area contributed by atoms with Crippen LogP contribution >= 0.6 is 0 Å². The number of aryl methyl sites for hydroxylation is 1. The second kappa shape index (κ2) is 7.98. The fourth-order valence-corrected chi connectivity index (χ4v) is 5.37. The summed E-state index contributed by atoms with van der Waals surface area (Å²) in [5.41, 5.74) is 0.578. The van der Waals surface area contributed by atoms with E-state index in [9.17, 15) is 32.5 Å². The van der Waals surface area contributed by atoms with Crippen molar-refractivity contribution in [2.45, 2.75) is 26.3 Å². The van der Waals surface area contributed by atoms with Crippen molar-refractivity contribution in [1.82, 2.24) is 4.57 Å². The van der Waals surface area contributed by atoms with Crippen LogP contribution in [0.4, 0.5) is 10.1 Å². The zero-order valence-electron chi connectivity index (χ0n) is 16.3. The van der Waals surface area contributed by atoms with Gasteiger partial charge in [0.15, 0.2) is 16.4 Å². The molecule has 1 unspecified atom stereocenters. The molecule has 0 aliphatic carbocycles. The minimum atomic E-state index is -3.10. The van der Waals surface area contributed by atoms with Gasteiger partial charge in [-0.3, -0.25) is 14.9 Å². The van der Waals surface area contributed by atoms with Crippen molar-refractivity contribution >= 4 is 27.3 Å². The van der Waals surface area contributed by atoms with E-state index in [1.807, 2.05) is 4.57 Å². The molecule has 0 radical (unpaired) electrons. The molecule has 2 aromatic rings. The first-order valence-electron chi connectivity index (χ1n) is 9.03. The Morgan fingerprint density at radius 1 is 1.30 bits per heavy atom. The van der Waals surface area contributed by atoms with Crippen LogP contribution < -0.4 is 0 Å². The molecule has 0 bridgehead atoms. The quantitative estimate of drug-likeness (QED) is 0.294. The molecule has 1 aromatic carbocycles. The summed E-state index contributed by atoms with van der Waals surface area (Å²) in [4.78, 5) is 34.3. The zero-order chi connectivity index (χ0) is 22.2. The Morgan fingerprint density at radius 3 is 2.57 bits per heavy atom. The maximum absolute atomic E-state index is 13.7. The summed E-state index contributed by atoms with van der Waals surface area (Å²) in [7, 11) is -3.10. The lowest BCUT2D eigenvalue weighted by Crippen LogP contribution is -2.17. The normalized spacial score (nSPS) is 17.6. The van der Waals surface area contributed by atoms with Crippen LogP contribution in [0.5, 0.6) is 0 Å². The van der Waals surface area contributed by atoms with Gasteiger partial charge in [-0.1, -0.05) is 0 Å². The standard InChI is InChI=1S/C19H19FN2O7S/c1-11-7-15(12(2)21(11)14-5-6-30(27,28)10-14)18(23)9-29-19(24)13-3-4-17(22(25)26)16(20)8-13/h3-4,7-8,14H,5-6,9-10H2,1-2H3. The van der Waals surface area contributed by atoms with Crippen LogP contribution in [-0.4, -0.2) is 47.8 Å². The number of ether oxygens (including phenoxy) is 1. The van der Waals surface area contributed by atoms with Gasteiger partial charge in [0, 0.05) is 29.1 Å². The Kier molecular flexibility index (Phi) is 5.75. The number of nitro benzene ring substituents is 1. The Morgan fingerprint density at radius 2 is 2.00 bits per heavy atom. The number of aromatic nitrogens is 1. The van der Waals surface area contributed by atoms with E-state index in [4.69, 9.17) is 4.74 Å². The predicted molar refractivity (Wildman–Crippen MR) is 104 cm³/mol. The summed E-state index contributed by atoms with van der Waals surface area (Å²) in [5, 5.41) is 10.6. The number of carbonyl (C=O) groups is 2. The minimum Gasteiger partial charge on any atom is -0.454 e. The van der Waals surface area contributed by atoms with E-state index in [1.165, 1.54) is 0 Å². The lowest BCUT2D eigenvalue weighted by Gasteiger charge is -2.16. The molecule has 30 heavy (non-hydrogen) atoms. The molecule has 1 aromatic heterocycles. The Bertz CT molecular complexity index is 1150. The summed E-state index contributed by atoms with van der Waals surface area (Å²) >= 11 is 0. The number of esters is 1. The number of ketones is 1. The second-order valence-electron chi connectivity index (χ2n) is 7.13. The third-order valence-corrected chi connectivity index (χ3v) is 6.82. The van der Waals surface area contributed by atoms with Gasteiger partial charge in [0.1, 0.15) is 0 Å². The van der Waals surface area contributed by atoms with Gasteiger partial charge in [0.05, 0.1) is 22.0 Å². The first-order valence-corrected chi connectivity index (χ1v) is 10.9. The molecular weight excluding hydrogens is 419 g/mol. The molecule has 11 heteroatoms. The first kappa shape index (κ1) is 21.6. The van der Waals surface area contributed by atoms with Gasteiger partial charge in [-0.2, -0.15) is 4.39 Å². The van der Waals surface area contributed by atoms with E-state index in [1.54, 1.807) is 19.9 Å². The second-order valence-corrected chi connectivity index (χ2v) is 9.36. The average molecular weight is 438 g/mol. The maximum atomic E-state index is 13.7. The van der Waals surface area contributed by atoms with Crippen LogP contribution in [0.2, 0.25) is 0 Å². The Labute approximate surface area is 171 Å². The molecule has 0 spiro atoms. The lowest BCUT2D eigenvalue weighted by atomic mass is 10.1. The molecule has 3 rings (SSSR count). The highest BCUT2D eigenvalue weighted by Crippen LogP contribution is 2.29. The van der Waals surface area contributed by atoms with E-state index in [0.717, 1.165) is 17.8 Å². The van der Waals surface area contributed by atoms with Gasteiger partial charge >= 0.3 is 11.7 Å². The molecule has 0 amide bonds. The van der Waals surface area contributed by atoms with Crippen molar-refractivity contribution in [1.29, 1.82) is 0 Å². The molecular formula is C19H19FN2O7S. The van der Waals surface area contributed by atoms with Crippen LogP contribution in [0, 0.1) is 29.8 Å². The van der Waals surface area contributed by atoms with Crippen LogP contribution in [0.3, 0.4) is 0 Å². The number of halogens is 1. The fourth-order valence-electron chi connectivity index (χ4n) is 3.67. The number of rotatable bonds is 6. The molecule has 0 N–H and O–H groups in total. The molecule has 160 valence electrons. The van der Waals surface area contributed by atoms with Crippen molar-refractivity contribution in [3.8, 4) is 0 Å². The topological polar surface area (TPSA) is 126 Å². The Balaban J connectivity index is 1.71. The zero-order valence-corrected chi connectivity index (χ0v) is 17.1. The predicted octanol–water partition coefficient (Wildman–Crippen LogP) is 2.55. The van der Waals surface area contributed by atoms with Crippen molar-refractivity contribution < 1.29 is 32.1 Å². The number of sulfone groups is 1. The number of Topliss-reactive ketones (excluding diaryl/α,β-unsaturated/α-hetero) is 1. The van der Waals surface area contributed by atoms with Gasteiger partial charge < -0.3 is 9.30 Å². The number of carbonyl (C=O) groups excluding carboxylic acids is 2. The summed E-state index contributed by atoms with van der Waals surface area (Å²) in [6, 6.07) is 3.93. The number of hydrogen-bond acceptors (Lipinski definition) is 7. The molecule has 1 atom stereocenters. The molecule has 2 heterocycles. The van der Waals surface area contributed by atoms with Crippen LogP contribution in [0.15, 0.2) is 24.3 Å². The molecule has 1 fully saturated rings. The highest BCUT2D eigenvalue weighted by Gasteiger charge is 2.31. The summed E-state index contributed by atoms with van der Waals surface area (Å²) in [6.07, 6.45) is 0.465. The fraction of sp³-hybridized carbons (Fsp3) is 0.368. The maximum Gasteiger partial charge on any atom is 0.338 e. The van der Waals surface area contributed by atoms with E-state index in [2.05, 4.69) is 0 Å². The molecule has 9 nitrogen and oxygen atoms in total. The van der Waals surface area contributed by atoms with Crippen LogP contribution in [0.25, 0.3) is 0 Å². The van der Waals surface area contributed by atoms with E-state index in [-0.39, 0.29) is 23.1 Å². The SMILES string of the molecule is Cc1cc(C(=O)COC(=O)c2ccc([N+](=O)[O-])c(F)c2)c(C)n1C1CCS(=O)(=O)C1. The summed E-state index contributed by atoms with van der Waals surface area (Å²) < 4.78 is 43.9. The van der Waals surface area contributed by atoms with Crippen LogP contribution in [-0.2, 0) is 14.6 Å². The van der Waals surface area contributed by atoms with Crippen molar-refractivity contribution in [2.75, 3.05) is 18.1 Å². The third-order valence-electron chi connectivity index (χ3n) is 5.07. The molecule has 1 aliphatic heterocycles. The number of nitrogens with zero attached hydrogens (tertiary/aromatic N) is 2. The van der Waals surface area contributed by atoms with Gasteiger partial charge in [0.25, 0.3) is 0 Å². The highest BCUT2D eigenvalue weighted by molar-refractivity contribution is 7.91. The summed E-state index contributed by atoms with van der Waals surface area (Å²) in [6.45, 7) is 2.85. The van der Waals surface area contributed by atoms with Gasteiger partial charge in [-0.25, -0.2) is 13.2 Å². The van der Waals surface area contributed by atoms with Crippen molar-refractivity contribution in [3.05, 3.63) is 62.7 Å². The van der Waals surface area contributed by atoms with Crippen LogP contribution in [0.1, 0.15) is 44.6 Å². The Hall–Kier alpha value is -3.08. The van der Waals surface area contributed by atoms with Gasteiger partial charge in [-0.15, -0.1) is 0 Å². The summed E-state index contributed by atoms with van der Waals surface area (Å²) in [5.74, 6) is -2.56. The van der Waals surface area contributed by atoms with Gasteiger partial charge in [0.2, 0.25) is 11.6 Å². The number of benzene rings is 1. The average Bonchev–Trinajstić information content (AvgIpc) is 3.16. The van der Waals surface area contributed by atoms with E-state index in [0.29, 0.717) is 23.7 Å². The molecule has 0 saturated carbocycles. The number of hydrogen-bond donors (Lipinski definition) is 0. The molecule has 1 aliphatic rings.